The molecule has 0 aliphatic carbocycles. The van der Waals surface area contributed by atoms with E-state index in [1.54, 1.807) is 42.4 Å². The standard InChI is InChI=1S/C28H33N5O4/c1-5-8-23(32-15-12-29-13-16-32)21(6-2)31-27(34)22-9-7-10-26(30-22)33-14-11-19-17-24(36-3)25(37-4)18-20(19)28(33)35/h5-10,17-18,29H,1,11-16H2,2-4H3,(H,31,34)/b21-6+,23-8+. The number of amides is 2. The summed E-state index contributed by atoms with van der Waals surface area (Å²) in [6.07, 6.45) is 6.11. The number of allylic oxidation sites excluding steroid dienone is 3. The number of methoxy groups -OCH3 is 2. The number of fused-ring (bicyclic) bond motifs is 1. The van der Waals surface area contributed by atoms with Crippen LogP contribution in [0, 0.1) is 0 Å². The minimum Gasteiger partial charge on any atom is -0.493 e. The van der Waals surface area contributed by atoms with Crippen molar-refractivity contribution in [3.63, 3.8) is 0 Å². The summed E-state index contributed by atoms with van der Waals surface area (Å²) in [5.74, 6) is 0.950. The lowest BCUT2D eigenvalue weighted by Gasteiger charge is -2.32. The summed E-state index contributed by atoms with van der Waals surface area (Å²) in [5.41, 5.74) is 3.23. The topological polar surface area (TPSA) is 96.0 Å². The first-order chi connectivity index (χ1) is 18.0. The molecule has 2 amide bonds. The molecule has 9 nitrogen and oxygen atoms in total. The van der Waals surface area contributed by atoms with Crippen LogP contribution >= 0.6 is 0 Å². The molecule has 1 fully saturated rings. The fourth-order valence-corrected chi connectivity index (χ4v) is 4.58. The molecule has 0 spiro atoms. The van der Waals surface area contributed by atoms with Crippen LogP contribution in [0.5, 0.6) is 11.5 Å². The summed E-state index contributed by atoms with van der Waals surface area (Å²) < 4.78 is 10.8. The molecular formula is C28H33N5O4. The van der Waals surface area contributed by atoms with Crippen molar-refractivity contribution in [2.45, 2.75) is 13.3 Å². The average molecular weight is 504 g/mol. The van der Waals surface area contributed by atoms with E-state index in [4.69, 9.17) is 9.47 Å². The molecular weight excluding hydrogens is 470 g/mol. The molecule has 1 aromatic heterocycles. The molecule has 9 heteroatoms. The third kappa shape index (κ3) is 5.51. The van der Waals surface area contributed by atoms with E-state index in [1.165, 1.54) is 7.11 Å². The van der Waals surface area contributed by atoms with Crippen molar-refractivity contribution in [1.82, 2.24) is 20.5 Å². The van der Waals surface area contributed by atoms with E-state index in [-0.39, 0.29) is 17.5 Å². The molecule has 0 radical (unpaired) electrons. The Morgan fingerprint density at radius 3 is 2.54 bits per heavy atom. The summed E-state index contributed by atoms with van der Waals surface area (Å²) in [5, 5.41) is 6.34. The van der Waals surface area contributed by atoms with Crippen molar-refractivity contribution in [3.05, 3.63) is 83.4 Å². The lowest BCUT2D eigenvalue weighted by molar-refractivity contribution is 0.0953. The predicted octanol–water partition coefficient (Wildman–Crippen LogP) is 2.91. The van der Waals surface area contributed by atoms with Gasteiger partial charge in [0.15, 0.2) is 11.5 Å². The lowest BCUT2D eigenvalue weighted by atomic mass is 9.98. The number of hydrogen-bond acceptors (Lipinski definition) is 7. The molecule has 0 bridgehead atoms. The molecule has 37 heavy (non-hydrogen) atoms. The van der Waals surface area contributed by atoms with Gasteiger partial charge in [-0.15, -0.1) is 0 Å². The number of nitrogens with one attached hydrogen (secondary N) is 2. The monoisotopic (exact) mass is 503 g/mol. The Hall–Kier alpha value is -4.11. The third-order valence-electron chi connectivity index (χ3n) is 6.48. The van der Waals surface area contributed by atoms with Crippen LogP contribution in [-0.2, 0) is 6.42 Å². The molecule has 2 aliphatic rings. The highest BCUT2D eigenvalue weighted by Crippen LogP contribution is 2.34. The van der Waals surface area contributed by atoms with Gasteiger partial charge < -0.3 is 25.0 Å². The fourth-order valence-electron chi connectivity index (χ4n) is 4.58. The highest BCUT2D eigenvalue weighted by Gasteiger charge is 2.29. The first kappa shape index (κ1) is 26.0. The molecule has 0 atom stereocenters. The Bertz CT molecular complexity index is 1250. The Labute approximate surface area is 217 Å². The molecule has 1 aromatic carbocycles. The van der Waals surface area contributed by atoms with Crippen LogP contribution in [0.1, 0.15) is 33.3 Å². The molecule has 1 saturated heterocycles. The van der Waals surface area contributed by atoms with Crippen LogP contribution in [-0.4, -0.2) is 68.6 Å². The number of piperazine rings is 1. The van der Waals surface area contributed by atoms with E-state index in [2.05, 4.69) is 27.1 Å². The number of carbonyl (C=O) groups is 2. The molecule has 194 valence electrons. The maximum Gasteiger partial charge on any atom is 0.274 e. The predicted molar refractivity (Wildman–Crippen MR) is 143 cm³/mol. The van der Waals surface area contributed by atoms with Crippen molar-refractivity contribution < 1.29 is 19.1 Å². The number of carbonyl (C=O) groups excluding carboxylic acids is 2. The number of pyridine rings is 1. The number of ether oxygens (including phenoxy) is 2. The van der Waals surface area contributed by atoms with Crippen LogP contribution in [0.2, 0.25) is 0 Å². The molecule has 0 saturated carbocycles. The van der Waals surface area contributed by atoms with Crippen LogP contribution in [0.4, 0.5) is 5.82 Å². The van der Waals surface area contributed by atoms with Crippen LogP contribution in [0.15, 0.2) is 66.5 Å². The van der Waals surface area contributed by atoms with Gasteiger partial charge in [-0.2, -0.15) is 0 Å². The number of anilines is 1. The van der Waals surface area contributed by atoms with Crippen molar-refractivity contribution >= 4 is 17.6 Å². The smallest absolute Gasteiger partial charge is 0.274 e. The Kier molecular flexibility index (Phi) is 8.25. The minimum absolute atomic E-state index is 0.198. The summed E-state index contributed by atoms with van der Waals surface area (Å²) in [7, 11) is 3.11. The van der Waals surface area contributed by atoms with Gasteiger partial charge in [-0.25, -0.2) is 4.98 Å². The van der Waals surface area contributed by atoms with Gasteiger partial charge in [0.05, 0.1) is 25.6 Å². The second-order valence-electron chi connectivity index (χ2n) is 8.63. The molecule has 3 heterocycles. The second-order valence-corrected chi connectivity index (χ2v) is 8.63. The maximum absolute atomic E-state index is 13.4. The molecule has 2 aliphatic heterocycles. The zero-order valence-corrected chi connectivity index (χ0v) is 21.5. The highest BCUT2D eigenvalue weighted by molar-refractivity contribution is 6.08. The van der Waals surface area contributed by atoms with E-state index in [0.717, 1.165) is 37.4 Å². The zero-order valence-electron chi connectivity index (χ0n) is 21.5. The molecule has 2 aromatic rings. The number of aromatic nitrogens is 1. The maximum atomic E-state index is 13.4. The number of hydrogen-bond donors (Lipinski definition) is 2. The van der Waals surface area contributed by atoms with Gasteiger partial charge in [0, 0.05) is 38.3 Å². The summed E-state index contributed by atoms with van der Waals surface area (Å²) in [4.78, 5) is 35.0. The number of nitrogens with zero attached hydrogens (tertiary/aromatic N) is 3. The summed E-state index contributed by atoms with van der Waals surface area (Å²) in [6, 6.07) is 8.65. The third-order valence-corrected chi connectivity index (χ3v) is 6.48. The second kappa shape index (κ2) is 11.7. The van der Waals surface area contributed by atoms with Gasteiger partial charge >= 0.3 is 0 Å². The Morgan fingerprint density at radius 2 is 1.86 bits per heavy atom. The first-order valence-corrected chi connectivity index (χ1v) is 12.3. The van der Waals surface area contributed by atoms with Crippen LogP contribution < -0.4 is 25.0 Å². The fraction of sp³-hybridized carbons (Fsp3) is 0.321. The quantitative estimate of drug-likeness (QED) is 0.535. The van der Waals surface area contributed by atoms with Gasteiger partial charge in [-0.1, -0.05) is 24.8 Å². The summed E-state index contributed by atoms with van der Waals surface area (Å²) >= 11 is 0. The van der Waals surface area contributed by atoms with Crippen LogP contribution in [0.3, 0.4) is 0 Å². The summed E-state index contributed by atoms with van der Waals surface area (Å²) in [6.45, 7) is 9.55. The minimum atomic E-state index is -0.351. The van der Waals surface area contributed by atoms with E-state index in [9.17, 15) is 9.59 Å². The van der Waals surface area contributed by atoms with Crippen molar-refractivity contribution in [3.8, 4) is 11.5 Å². The van der Waals surface area contributed by atoms with Gasteiger partial charge in [0.1, 0.15) is 11.5 Å². The molecule has 2 N–H and O–H groups in total. The largest absolute Gasteiger partial charge is 0.493 e. The Morgan fingerprint density at radius 1 is 1.14 bits per heavy atom. The van der Waals surface area contributed by atoms with Gasteiger partial charge in [0.25, 0.3) is 11.8 Å². The van der Waals surface area contributed by atoms with Gasteiger partial charge in [0.2, 0.25) is 0 Å². The van der Waals surface area contributed by atoms with Gasteiger partial charge in [-0.3, -0.25) is 14.5 Å². The zero-order chi connectivity index (χ0) is 26.4. The molecule has 0 unspecified atom stereocenters. The van der Waals surface area contributed by atoms with E-state index < -0.39 is 0 Å². The van der Waals surface area contributed by atoms with Gasteiger partial charge in [-0.05, 0) is 49.2 Å². The average Bonchev–Trinajstić information content (AvgIpc) is 2.94. The van der Waals surface area contributed by atoms with E-state index in [0.29, 0.717) is 41.5 Å². The highest BCUT2D eigenvalue weighted by atomic mass is 16.5. The van der Waals surface area contributed by atoms with E-state index >= 15 is 0 Å². The van der Waals surface area contributed by atoms with E-state index in [1.807, 2.05) is 25.1 Å². The number of benzene rings is 1. The van der Waals surface area contributed by atoms with Crippen molar-refractivity contribution in [2.75, 3.05) is 51.8 Å². The Balaban J connectivity index is 1.55. The lowest BCUT2D eigenvalue weighted by Crippen LogP contribution is -2.44. The first-order valence-electron chi connectivity index (χ1n) is 12.3. The number of rotatable bonds is 8. The van der Waals surface area contributed by atoms with Crippen molar-refractivity contribution in [2.24, 2.45) is 0 Å². The SMILES string of the molecule is C=C/C=C(\C(=C/C)NC(=O)c1cccc(N2CCc3cc(OC)c(OC)cc3C2=O)n1)N1CCNCC1. The van der Waals surface area contributed by atoms with Crippen molar-refractivity contribution in [1.29, 1.82) is 0 Å². The molecule has 4 rings (SSSR count). The van der Waals surface area contributed by atoms with Crippen LogP contribution in [0.25, 0.3) is 0 Å². The normalized spacial score (nSPS) is 16.2.